The van der Waals surface area contributed by atoms with E-state index in [4.69, 9.17) is 11.6 Å². The summed E-state index contributed by atoms with van der Waals surface area (Å²) in [6.07, 6.45) is 2.04. The van der Waals surface area contributed by atoms with E-state index in [9.17, 15) is 0 Å². The molecule has 0 N–H and O–H groups in total. The van der Waals surface area contributed by atoms with Gasteiger partial charge in [-0.15, -0.1) is 0 Å². The quantitative estimate of drug-likeness (QED) is 0.617. The number of hydrogen-bond acceptors (Lipinski definition) is 0. The topological polar surface area (TPSA) is 4.93 Å². The number of fused-ring (bicyclic) bond motifs is 1. The van der Waals surface area contributed by atoms with Crippen molar-refractivity contribution in [3.8, 4) is 0 Å². The van der Waals surface area contributed by atoms with Crippen molar-refractivity contribution in [2.75, 3.05) is 0 Å². The maximum Gasteiger partial charge on any atom is 0.0528 e. The molecule has 0 spiro atoms. The smallest absolute Gasteiger partial charge is 0.0528 e. The fraction of sp³-hybridized carbons (Fsp3) is 0. The van der Waals surface area contributed by atoms with Gasteiger partial charge in [0.2, 0.25) is 0 Å². The molecule has 0 aliphatic rings. The first-order valence-corrected chi connectivity index (χ1v) is 6.15. The molecule has 0 radical (unpaired) electrons. The van der Waals surface area contributed by atoms with E-state index in [-0.39, 0.29) is 0 Å². The second-order valence-electron chi connectivity index (χ2n) is 4.20. The van der Waals surface area contributed by atoms with E-state index in [0.29, 0.717) is 0 Å². The van der Waals surface area contributed by atoms with E-state index in [0.717, 1.165) is 21.8 Å². The van der Waals surface area contributed by atoms with Crippen LogP contribution in [-0.4, -0.2) is 4.57 Å². The van der Waals surface area contributed by atoms with Crippen molar-refractivity contribution in [3.05, 3.63) is 78.0 Å². The fourth-order valence-electron chi connectivity index (χ4n) is 2.10. The summed E-state index contributed by atoms with van der Waals surface area (Å²) in [5.74, 6) is 0. The standard InChI is InChI=1S/C16H12ClN/c1-12(13-6-8-15(17)9-7-13)18-11-10-14-4-2-3-5-16(14)18/h2-11H,1H2. The van der Waals surface area contributed by atoms with Crippen molar-refractivity contribution in [3.63, 3.8) is 0 Å². The summed E-state index contributed by atoms with van der Waals surface area (Å²) in [6, 6.07) is 18.1. The Morgan fingerprint density at radius 3 is 2.44 bits per heavy atom. The number of rotatable bonds is 2. The molecule has 0 saturated carbocycles. The van der Waals surface area contributed by atoms with Gasteiger partial charge < -0.3 is 4.57 Å². The third kappa shape index (κ3) is 1.83. The molecule has 0 bridgehead atoms. The van der Waals surface area contributed by atoms with Crippen molar-refractivity contribution in [1.29, 1.82) is 0 Å². The van der Waals surface area contributed by atoms with Gasteiger partial charge in [-0.05, 0) is 35.2 Å². The Morgan fingerprint density at radius 1 is 0.944 bits per heavy atom. The van der Waals surface area contributed by atoms with Gasteiger partial charge in [0.15, 0.2) is 0 Å². The summed E-state index contributed by atoms with van der Waals surface area (Å²) >= 11 is 5.90. The van der Waals surface area contributed by atoms with Crippen molar-refractivity contribution in [2.24, 2.45) is 0 Å². The van der Waals surface area contributed by atoms with Crippen LogP contribution in [0.2, 0.25) is 5.02 Å². The Labute approximate surface area is 111 Å². The Morgan fingerprint density at radius 2 is 1.67 bits per heavy atom. The van der Waals surface area contributed by atoms with E-state index in [2.05, 4.69) is 29.3 Å². The molecule has 0 saturated heterocycles. The van der Waals surface area contributed by atoms with Crippen LogP contribution in [0.25, 0.3) is 16.6 Å². The lowest BCUT2D eigenvalue weighted by Gasteiger charge is -2.09. The molecule has 1 heterocycles. The summed E-state index contributed by atoms with van der Waals surface area (Å²) in [5.41, 5.74) is 3.19. The highest BCUT2D eigenvalue weighted by Crippen LogP contribution is 2.23. The molecule has 0 unspecified atom stereocenters. The van der Waals surface area contributed by atoms with Crippen molar-refractivity contribution < 1.29 is 0 Å². The van der Waals surface area contributed by atoms with E-state index in [1.54, 1.807) is 0 Å². The van der Waals surface area contributed by atoms with Gasteiger partial charge in [0.25, 0.3) is 0 Å². The summed E-state index contributed by atoms with van der Waals surface area (Å²) in [6.45, 7) is 4.17. The Balaban J connectivity index is 2.09. The first kappa shape index (κ1) is 11.1. The van der Waals surface area contributed by atoms with Crippen LogP contribution in [0.5, 0.6) is 0 Å². The third-order valence-corrected chi connectivity index (χ3v) is 3.32. The predicted molar refractivity (Wildman–Crippen MR) is 77.8 cm³/mol. The molecule has 0 aliphatic carbocycles. The molecule has 3 rings (SSSR count). The van der Waals surface area contributed by atoms with E-state index < -0.39 is 0 Å². The van der Waals surface area contributed by atoms with E-state index >= 15 is 0 Å². The average molecular weight is 254 g/mol. The average Bonchev–Trinajstić information content (AvgIpc) is 2.82. The van der Waals surface area contributed by atoms with Crippen molar-refractivity contribution in [1.82, 2.24) is 4.57 Å². The maximum absolute atomic E-state index is 5.90. The molecule has 88 valence electrons. The zero-order chi connectivity index (χ0) is 12.5. The Kier molecular flexibility index (Phi) is 2.69. The predicted octanol–water partition coefficient (Wildman–Crippen LogP) is 4.81. The van der Waals surface area contributed by atoms with Gasteiger partial charge in [-0.3, -0.25) is 0 Å². The lowest BCUT2D eigenvalue weighted by molar-refractivity contribution is 1.17. The molecule has 0 amide bonds. The maximum atomic E-state index is 5.90. The van der Waals surface area contributed by atoms with Gasteiger partial charge >= 0.3 is 0 Å². The van der Waals surface area contributed by atoms with Crippen LogP contribution in [0.3, 0.4) is 0 Å². The molecule has 0 atom stereocenters. The second kappa shape index (κ2) is 4.35. The Hall–Kier alpha value is -1.99. The van der Waals surface area contributed by atoms with Crippen LogP contribution in [0.4, 0.5) is 0 Å². The molecule has 18 heavy (non-hydrogen) atoms. The normalized spacial score (nSPS) is 10.7. The molecular formula is C16H12ClN. The zero-order valence-corrected chi connectivity index (χ0v) is 10.6. The number of nitrogens with zero attached hydrogens (tertiary/aromatic N) is 1. The fourth-order valence-corrected chi connectivity index (χ4v) is 2.23. The minimum absolute atomic E-state index is 0.740. The van der Waals surface area contributed by atoms with Gasteiger partial charge in [0.1, 0.15) is 0 Å². The van der Waals surface area contributed by atoms with Gasteiger partial charge in [-0.1, -0.05) is 48.5 Å². The van der Waals surface area contributed by atoms with Gasteiger partial charge in [0, 0.05) is 16.9 Å². The monoisotopic (exact) mass is 253 g/mol. The van der Waals surface area contributed by atoms with Crippen molar-refractivity contribution >= 4 is 28.2 Å². The Bertz CT molecular complexity index is 707. The SMILES string of the molecule is C=C(c1ccc(Cl)cc1)n1ccc2ccccc21. The van der Waals surface area contributed by atoms with Crippen LogP contribution in [0.1, 0.15) is 5.56 Å². The number of hydrogen-bond donors (Lipinski definition) is 0. The van der Waals surface area contributed by atoms with Crippen LogP contribution in [0, 0.1) is 0 Å². The summed E-state index contributed by atoms with van der Waals surface area (Å²) in [4.78, 5) is 0. The van der Waals surface area contributed by atoms with Gasteiger partial charge in [-0.25, -0.2) is 0 Å². The number of aromatic nitrogens is 1. The van der Waals surface area contributed by atoms with Gasteiger partial charge in [-0.2, -0.15) is 0 Å². The van der Waals surface area contributed by atoms with Crippen LogP contribution < -0.4 is 0 Å². The van der Waals surface area contributed by atoms with E-state index in [1.165, 1.54) is 5.39 Å². The van der Waals surface area contributed by atoms with E-state index in [1.807, 2.05) is 42.6 Å². The molecule has 0 aliphatic heterocycles. The molecule has 0 fully saturated rings. The molecule has 3 aromatic rings. The second-order valence-corrected chi connectivity index (χ2v) is 4.63. The number of para-hydroxylation sites is 1. The minimum Gasteiger partial charge on any atom is -0.317 e. The van der Waals surface area contributed by atoms with Crippen LogP contribution in [-0.2, 0) is 0 Å². The summed E-state index contributed by atoms with van der Waals surface area (Å²) in [7, 11) is 0. The molecule has 1 aromatic heterocycles. The van der Waals surface area contributed by atoms with Crippen LogP contribution >= 0.6 is 11.6 Å². The third-order valence-electron chi connectivity index (χ3n) is 3.07. The van der Waals surface area contributed by atoms with Gasteiger partial charge in [0.05, 0.1) is 5.52 Å². The number of benzene rings is 2. The highest BCUT2D eigenvalue weighted by Gasteiger charge is 2.05. The first-order valence-electron chi connectivity index (χ1n) is 5.77. The molecule has 1 nitrogen and oxygen atoms in total. The minimum atomic E-state index is 0.740. The highest BCUT2D eigenvalue weighted by molar-refractivity contribution is 6.30. The molecule has 2 aromatic carbocycles. The lowest BCUT2D eigenvalue weighted by Crippen LogP contribution is -1.95. The largest absolute Gasteiger partial charge is 0.317 e. The number of halogens is 1. The first-order chi connectivity index (χ1) is 8.75. The van der Waals surface area contributed by atoms with Crippen molar-refractivity contribution in [2.45, 2.75) is 0 Å². The van der Waals surface area contributed by atoms with Crippen LogP contribution in [0.15, 0.2) is 67.4 Å². The lowest BCUT2D eigenvalue weighted by atomic mass is 10.1. The summed E-state index contributed by atoms with van der Waals surface area (Å²) < 4.78 is 2.10. The highest BCUT2D eigenvalue weighted by atomic mass is 35.5. The summed E-state index contributed by atoms with van der Waals surface area (Å²) in [5, 5.41) is 1.96. The molecule has 2 heteroatoms. The molecular weight excluding hydrogens is 242 g/mol. The zero-order valence-electron chi connectivity index (χ0n) is 9.81.